The number of carbonyl (C=O) groups excluding carboxylic acids is 3. The Morgan fingerprint density at radius 2 is 2.14 bits per heavy atom. The SMILES string of the molecule is CC(=O)N1C[C@H](O)C[C@H]1C(=O)N[C@H](C(N)=O)[C@@H](C)CC#N. The Bertz CT molecular complexity index is 473. The van der Waals surface area contributed by atoms with Gasteiger partial charge >= 0.3 is 0 Å². The van der Waals surface area contributed by atoms with Crippen LogP contribution in [-0.4, -0.2) is 52.5 Å². The molecule has 8 heteroatoms. The summed E-state index contributed by atoms with van der Waals surface area (Å²) in [4.78, 5) is 36.4. The molecule has 1 aliphatic rings. The van der Waals surface area contributed by atoms with Crippen molar-refractivity contribution in [3.05, 3.63) is 0 Å². The molecule has 3 amide bonds. The molecule has 0 aliphatic carbocycles. The minimum absolute atomic E-state index is 0.0671. The number of primary amides is 1. The third-order valence-electron chi connectivity index (χ3n) is 3.57. The third-order valence-corrected chi connectivity index (χ3v) is 3.57. The van der Waals surface area contributed by atoms with Gasteiger partial charge in [0.1, 0.15) is 12.1 Å². The van der Waals surface area contributed by atoms with Gasteiger partial charge in [-0.2, -0.15) is 5.26 Å². The number of nitriles is 1. The number of carbonyl (C=O) groups is 3. The predicted molar refractivity (Wildman–Crippen MR) is 72.3 cm³/mol. The van der Waals surface area contributed by atoms with Crippen LogP contribution in [0.1, 0.15) is 26.7 Å². The van der Waals surface area contributed by atoms with Crippen LogP contribution in [0.3, 0.4) is 0 Å². The van der Waals surface area contributed by atoms with Crippen LogP contribution in [0.2, 0.25) is 0 Å². The van der Waals surface area contributed by atoms with Crippen LogP contribution in [0.5, 0.6) is 0 Å². The van der Waals surface area contributed by atoms with Crippen molar-refractivity contribution in [3.63, 3.8) is 0 Å². The molecule has 0 aromatic heterocycles. The number of aliphatic hydroxyl groups excluding tert-OH is 1. The van der Waals surface area contributed by atoms with Gasteiger partial charge in [0.15, 0.2) is 0 Å². The summed E-state index contributed by atoms with van der Waals surface area (Å²) in [7, 11) is 0. The molecular weight excluding hydrogens is 276 g/mol. The van der Waals surface area contributed by atoms with E-state index in [4.69, 9.17) is 11.0 Å². The lowest BCUT2D eigenvalue weighted by Crippen LogP contribution is -2.54. The van der Waals surface area contributed by atoms with Crippen LogP contribution in [0.4, 0.5) is 0 Å². The van der Waals surface area contributed by atoms with Gasteiger partial charge in [-0.1, -0.05) is 6.92 Å². The van der Waals surface area contributed by atoms with Gasteiger partial charge in [0.2, 0.25) is 17.7 Å². The summed E-state index contributed by atoms with van der Waals surface area (Å²) in [5.74, 6) is -2.05. The zero-order valence-corrected chi connectivity index (χ0v) is 12.1. The number of hydrogen-bond acceptors (Lipinski definition) is 5. The minimum atomic E-state index is -0.983. The molecule has 4 atom stereocenters. The van der Waals surface area contributed by atoms with Crippen molar-refractivity contribution in [3.8, 4) is 6.07 Å². The fourth-order valence-electron chi connectivity index (χ4n) is 2.42. The van der Waals surface area contributed by atoms with Crippen molar-refractivity contribution in [2.24, 2.45) is 11.7 Å². The summed E-state index contributed by atoms with van der Waals surface area (Å²) in [6, 6.07) is 0.108. The van der Waals surface area contributed by atoms with Crippen LogP contribution in [0.15, 0.2) is 0 Å². The standard InChI is InChI=1S/C13H20N4O4/c1-7(3-4-14)11(12(15)20)16-13(21)10-5-9(19)6-17(10)8(2)18/h7,9-11,19H,3,5-6H2,1-2H3,(H2,15,20)(H,16,21)/t7-,9+,10-,11-/m0/s1. The lowest BCUT2D eigenvalue weighted by Gasteiger charge is -2.26. The van der Waals surface area contributed by atoms with E-state index in [-0.39, 0.29) is 25.3 Å². The predicted octanol–water partition coefficient (Wildman–Crippen LogP) is -1.51. The Labute approximate surface area is 122 Å². The van der Waals surface area contributed by atoms with Gasteiger partial charge < -0.3 is 21.1 Å². The Hall–Kier alpha value is -2.14. The normalized spacial score (nSPS) is 24.0. The summed E-state index contributed by atoms with van der Waals surface area (Å²) < 4.78 is 0. The minimum Gasteiger partial charge on any atom is -0.391 e. The molecule has 1 rings (SSSR count). The van der Waals surface area contributed by atoms with Crippen molar-refractivity contribution in [1.82, 2.24) is 10.2 Å². The summed E-state index contributed by atoms with van der Waals surface area (Å²) in [6.45, 7) is 3.02. The molecule has 0 radical (unpaired) electrons. The first-order valence-corrected chi connectivity index (χ1v) is 6.69. The zero-order valence-electron chi connectivity index (χ0n) is 12.1. The fraction of sp³-hybridized carbons (Fsp3) is 0.692. The largest absolute Gasteiger partial charge is 0.391 e. The van der Waals surface area contributed by atoms with Gasteiger partial charge in [0.25, 0.3) is 0 Å². The van der Waals surface area contributed by atoms with E-state index in [9.17, 15) is 19.5 Å². The number of nitrogens with zero attached hydrogens (tertiary/aromatic N) is 2. The number of amides is 3. The molecule has 0 spiro atoms. The van der Waals surface area contributed by atoms with Gasteiger partial charge in [-0.3, -0.25) is 14.4 Å². The fourth-order valence-corrected chi connectivity index (χ4v) is 2.42. The highest BCUT2D eigenvalue weighted by atomic mass is 16.3. The number of rotatable bonds is 5. The van der Waals surface area contributed by atoms with Gasteiger partial charge in [0, 0.05) is 26.3 Å². The van der Waals surface area contributed by atoms with E-state index < -0.39 is 35.9 Å². The van der Waals surface area contributed by atoms with Crippen LogP contribution in [0.25, 0.3) is 0 Å². The van der Waals surface area contributed by atoms with Gasteiger partial charge in [0.05, 0.1) is 12.2 Å². The summed E-state index contributed by atoms with van der Waals surface area (Å²) in [5, 5.41) is 20.7. The van der Waals surface area contributed by atoms with Crippen LogP contribution in [-0.2, 0) is 14.4 Å². The molecule has 1 aliphatic heterocycles. The Kier molecular flexibility index (Phi) is 5.67. The van der Waals surface area contributed by atoms with Crippen molar-refractivity contribution in [1.29, 1.82) is 5.26 Å². The van der Waals surface area contributed by atoms with Crippen molar-refractivity contribution in [2.45, 2.75) is 44.9 Å². The molecule has 1 fully saturated rings. The maximum atomic E-state index is 12.2. The molecule has 4 N–H and O–H groups in total. The van der Waals surface area contributed by atoms with Crippen LogP contribution < -0.4 is 11.1 Å². The Morgan fingerprint density at radius 3 is 2.62 bits per heavy atom. The number of β-amino-alcohol motifs (C(OH)–C–C–N with tert-alkyl or cyclic N) is 1. The highest BCUT2D eigenvalue weighted by Gasteiger charge is 2.39. The molecule has 1 heterocycles. The summed E-state index contributed by atoms with van der Waals surface area (Å²) in [6.07, 6.45) is -0.589. The maximum absolute atomic E-state index is 12.2. The quantitative estimate of drug-likeness (QED) is 0.566. The number of nitrogens with one attached hydrogen (secondary N) is 1. The molecule has 0 bridgehead atoms. The molecular formula is C13H20N4O4. The Balaban J connectivity index is 2.80. The zero-order chi connectivity index (χ0) is 16.2. The second-order valence-electron chi connectivity index (χ2n) is 5.30. The van der Waals surface area contributed by atoms with Gasteiger partial charge in [-0.25, -0.2) is 0 Å². The topological polar surface area (TPSA) is 137 Å². The first-order valence-electron chi connectivity index (χ1n) is 6.69. The first-order chi connectivity index (χ1) is 9.77. The lowest BCUT2D eigenvalue weighted by atomic mass is 9.98. The smallest absolute Gasteiger partial charge is 0.243 e. The number of aliphatic hydroxyl groups is 1. The molecule has 1 saturated heterocycles. The van der Waals surface area contributed by atoms with E-state index >= 15 is 0 Å². The number of nitrogens with two attached hydrogens (primary N) is 1. The van der Waals surface area contributed by atoms with Gasteiger partial charge in [-0.05, 0) is 5.92 Å². The van der Waals surface area contributed by atoms with Crippen LogP contribution in [0, 0.1) is 17.2 Å². The average Bonchev–Trinajstić information content (AvgIpc) is 2.78. The van der Waals surface area contributed by atoms with E-state index in [0.717, 1.165) is 0 Å². The molecule has 116 valence electrons. The van der Waals surface area contributed by atoms with Crippen molar-refractivity contribution < 1.29 is 19.5 Å². The van der Waals surface area contributed by atoms with E-state index in [1.54, 1.807) is 6.92 Å². The van der Waals surface area contributed by atoms with E-state index in [1.807, 2.05) is 6.07 Å². The molecule has 0 saturated carbocycles. The number of hydrogen-bond donors (Lipinski definition) is 3. The van der Waals surface area contributed by atoms with E-state index in [1.165, 1.54) is 11.8 Å². The number of likely N-dealkylation sites (tertiary alicyclic amines) is 1. The highest BCUT2D eigenvalue weighted by molar-refractivity contribution is 5.91. The van der Waals surface area contributed by atoms with Crippen LogP contribution >= 0.6 is 0 Å². The van der Waals surface area contributed by atoms with Crippen molar-refractivity contribution >= 4 is 17.7 Å². The van der Waals surface area contributed by atoms with E-state index in [0.29, 0.717) is 0 Å². The monoisotopic (exact) mass is 296 g/mol. The van der Waals surface area contributed by atoms with Gasteiger partial charge in [-0.15, -0.1) is 0 Å². The molecule has 8 nitrogen and oxygen atoms in total. The highest BCUT2D eigenvalue weighted by Crippen LogP contribution is 2.19. The van der Waals surface area contributed by atoms with E-state index in [2.05, 4.69) is 5.32 Å². The average molecular weight is 296 g/mol. The second-order valence-corrected chi connectivity index (χ2v) is 5.30. The first kappa shape index (κ1) is 16.9. The lowest BCUT2D eigenvalue weighted by molar-refractivity contribution is -0.138. The third kappa shape index (κ3) is 4.16. The van der Waals surface area contributed by atoms with Crippen molar-refractivity contribution in [2.75, 3.05) is 6.54 Å². The molecule has 21 heavy (non-hydrogen) atoms. The second kappa shape index (κ2) is 7.04. The molecule has 0 aromatic carbocycles. The summed E-state index contributed by atoms with van der Waals surface area (Å²) >= 11 is 0. The molecule has 0 unspecified atom stereocenters. The maximum Gasteiger partial charge on any atom is 0.243 e. The Morgan fingerprint density at radius 1 is 1.52 bits per heavy atom. The summed E-state index contributed by atoms with van der Waals surface area (Å²) in [5.41, 5.74) is 5.24. The molecule has 0 aromatic rings.